The van der Waals surface area contributed by atoms with Gasteiger partial charge in [-0.3, -0.25) is 4.79 Å². The molecule has 0 unspecified atom stereocenters. The summed E-state index contributed by atoms with van der Waals surface area (Å²) in [5, 5.41) is 5.61. The number of hydrogen-bond donors (Lipinski definition) is 2. The van der Waals surface area contributed by atoms with Gasteiger partial charge in [-0.15, -0.1) is 11.8 Å². The first kappa shape index (κ1) is 18.2. The van der Waals surface area contributed by atoms with E-state index in [-0.39, 0.29) is 12.5 Å². The van der Waals surface area contributed by atoms with Crippen LogP contribution in [0.25, 0.3) is 0 Å². The van der Waals surface area contributed by atoms with Crippen molar-refractivity contribution in [3.8, 4) is 0 Å². The Kier molecular flexibility index (Phi) is 6.14. The van der Waals surface area contributed by atoms with E-state index in [0.29, 0.717) is 28.0 Å². The van der Waals surface area contributed by atoms with Crippen molar-refractivity contribution >= 4 is 29.0 Å². The standard InChI is InChI=1S/C17H17F3N2OS/c1-12-6-8-13(9-7-12)22-16(23)10-21-14-4-2-3-5-15(14)24-11-17(18,19)20/h2-9,21H,10-11H2,1H3,(H,22,23). The van der Waals surface area contributed by atoms with Crippen LogP contribution in [-0.2, 0) is 4.79 Å². The third-order valence-corrected chi connectivity index (χ3v) is 4.19. The highest BCUT2D eigenvalue weighted by Crippen LogP contribution is 2.31. The smallest absolute Gasteiger partial charge is 0.375 e. The van der Waals surface area contributed by atoms with Crippen LogP contribution in [0, 0.1) is 6.92 Å². The van der Waals surface area contributed by atoms with Crippen molar-refractivity contribution in [3.05, 3.63) is 54.1 Å². The predicted molar refractivity (Wildman–Crippen MR) is 91.5 cm³/mol. The van der Waals surface area contributed by atoms with Crippen molar-refractivity contribution < 1.29 is 18.0 Å². The quantitative estimate of drug-likeness (QED) is 0.739. The minimum absolute atomic E-state index is 0.0303. The SMILES string of the molecule is Cc1ccc(NC(=O)CNc2ccccc2SCC(F)(F)F)cc1. The van der Waals surface area contributed by atoms with E-state index in [9.17, 15) is 18.0 Å². The van der Waals surface area contributed by atoms with Crippen LogP contribution in [0.1, 0.15) is 5.56 Å². The summed E-state index contributed by atoms with van der Waals surface area (Å²) in [4.78, 5) is 12.4. The lowest BCUT2D eigenvalue weighted by atomic mass is 10.2. The number of alkyl halides is 3. The van der Waals surface area contributed by atoms with E-state index < -0.39 is 11.9 Å². The molecule has 0 aliphatic carbocycles. The molecule has 7 heteroatoms. The Hall–Kier alpha value is -2.15. The molecule has 2 aromatic rings. The molecule has 0 heterocycles. The van der Waals surface area contributed by atoms with Gasteiger partial charge in [-0.25, -0.2) is 0 Å². The molecule has 0 aromatic heterocycles. The van der Waals surface area contributed by atoms with Gasteiger partial charge in [0.15, 0.2) is 0 Å². The van der Waals surface area contributed by atoms with E-state index in [1.165, 1.54) is 0 Å². The van der Waals surface area contributed by atoms with Crippen LogP contribution in [0.4, 0.5) is 24.5 Å². The molecule has 0 bridgehead atoms. The van der Waals surface area contributed by atoms with Gasteiger partial charge in [0.1, 0.15) is 0 Å². The fourth-order valence-corrected chi connectivity index (χ4v) is 2.71. The summed E-state index contributed by atoms with van der Waals surface area (Å²) in [5.74, 6) is -1.24. The van der Waals surface area contributed by atoms with Gasteiger partial charge in [-0.05, 0) is 31.2 Å². The molecule has 3 nitrogen and oxygen atoms in total. The molecule has 2 N–H and O–H groups in total. The second-order valence-corrected chi connectivity index (χ2v) is 6.18. The fraction of sp³-hybridized carbons (Fsp3) is 0.235. The van der Waals surface area contributed by atoms with Crippen molar-refractivity contribution in [3.63, 3.8) is 0 Å². The van der Waals surface area contributed by atoms with Crippen molar-refractivity contribution in [1.82, 2.24) is 0 Å². The molecule has 128 valence electrons. The largest absolute Gasteiger partial charge is 0.398 e. The van der Waals surface area contributed by atoms with Crippen LogP contribution in [0.2, 0.25) is 0 Å². The number of anilines is 2. The van der Waals surface area contributed by atoms with Gasteiger partial charge >= 0.3 is 6.18 Å². The predicted octanol–water partition coefficient (Wildman–Crippen LogP) is 4.70. The van der Waals surface area contributed by atoms with E-state index in [4.69, 9.17) is 0 Å². The van der Waals surface area contributed by atoms with Gasteiger partial charge in [0.05, 0.1) is 12.3 Å². The number of hydrogen-bond acceptors (Lipinski definition) is 3. The maximum atomic E-state index is 12.4. The summed E-state index contributed by atoms with van der Waals surface area (Å²) in [7, 11) is 0. The summed E-state index contributed by atoms with van der Waals surface area (Å²) in [6.07, 6.45) is -4.24. The lowest BCUT2D eigenvalue weighted by molar-refractivity contribution is -0.114. The Labute approximate surface area is 142 Å². The number of para-hydroxylation sites is 1. The van der Waals surface area contributed by atoms with Crippen LogP contribution >= 0.6 is 11.8 Å². The third kappa shape index (κ3) is 6.16. The van der Waals surface area contributed by atoms with E-state index in [1.54, 1.807) is 36.4 Å². The Morgan fingerprint density at radius 2 is 1.75 bits per heavy atom. The first-order valence-electron chi connectivity index (χ1n) is 7.22. The normalized spacial score (nSPS) is 11.2. The van der Waals surface area contributed by atoms with Crippen molar-refractivity contribution in [2.45, 2.75) is 18.0 Å². The number of aryl methyl sites for hydroxylation is 1. The number of rotatable bonds is 6. The maximum absolute atomic E-state index is 12.4. The lowest BCUT2D eigenvalue weighted by Crippen LogP contribution is -2.22. The molecule has 2 rings (SSSR count). The average molecular weight is 354 g/mol. The van der Waals surface area contributed by atoms with Crippen LogP contribution < -0.4 is 10.6 Å². The Morgan fingerprint density at radius 3 is 2.42 bits per heavy atom. The molecule has 0 radical (unpaired) electrons. The van der Waals surface area contributed by atoms with Gasteiger partial charge in [0.25, 0.3) is 0 Å². The van der Waals surface area contributed by atoms with Gasteiger partial charge in [0.2, 0.25) is 5.91 Å². The topological polar surface area (TPSA) is 41.1 Å². The fourth-order valence-electron chi connectivity index (χ4n) is 1.92. The highest BCUT2D eigenvalue weighted by atomic mass is 32.2. The van der Waals surface area contributed by atoms with Crippen molar-refractivity contribution in [2.75, 3.05) is 22.9 Å². The molecule has 0 aliphatic rings. The van der Waals surface area contributed by atoms with Crippen LogP contribution in [0.3, 0.4) is 0 Å². The summed E-state index contributed by atoms with van der Waals surface area (Å²) in [6.45, 7) is 1.92. The number of nitrogens with one attached hydrogen (secondary N) is 2. The number of carbonyl (C=O) groups excluding carboxylic acids is 1. The zero-order chi connectivity index (χ0) is 17.6. The van der Waals surface area contributed by atoms with Crippen molar-refractivity contribution in [1.29, 1.82) is 0 Å². The molecular formula is C17H17F3N2OS. The molecular weight excluding hydrogens is 337 g/mol. The molecule has 0 saturated heterocycles. The summed E-state index contributed by atoms with van der Waals surface area (Å²) >= 11 is 0.692. The highest BCUT2D eigenvalue weighted by Gasteiger charge is 2.27. The minimum atomic E-state index is -4.24. The zero-order valence-electron chi connectivity index (χ0n) is 13.0. The van der Waals surface area contributed by atoms with Crippen LogP contribution in [0.5, 0.6) is 0 Å². The molecule has 0 aliphatic heterocycles. The Morgan fingerprint density at radius 1 is 1.08 bits per heavy atom. The molecule has 2 aromatic carbocycles. The van der Waals surface area contributed by atoms with Gasteiger partial charge in [-0.1, -0.05) is 29.8 Å². The first-order valence-corrected chi connectivity index (χ1v) is 8.21. The number of carbonyl (C=O) groups is 1. The molecule has 0 fully saturated rings. The van der Waals surface area contributed by atoms with Gasteiger partial charge in [-0.2, -0.15) is 13.2 Å². The van der Waals surface area contributed by atoms with E-state index in [0.717, 1.165) is 5.56 Å². The molecule has 24 heavy (non-hydrogen) atoms. The molecule has 0 spiro atoms. The van der Waals surface area contributed by atoms with Gasteiger partial charge in [0, 0.05) is 16.3 Å². The zero-order valence-corrected chi connectivity index (χ0v) is 13.8. The Balaban J connectivity index is 1.91. The second kappa shape index (κ2) is 8.10. The molecule has 0 saturated carbocycles. The number of thioether (sulfide) groups is 1. The molecule has 1 amide bonds. The summed E-state index contributed by atoms with van der Waals surface area (Å²) in [6, 6.07) is 14.0. The highest BCUT2D eigenvalue weighted by molar-refractivity contribution is 7.99. The molecule has 0 atom stereocenters. The second-order valence-electron chi connectivity index (χ2n) is 5.17. The van der Waals surface area contributed by atoms with E-state index in [2.05, 4.69) is 10.6 Å². The first-order chi connectivity index (χ1) is 11.3. The van der Waals surface area contributed by atoms with Crippen LogP contribution in [-0.4, -0.2) is 24.4 Å². The average Bonchev–Trinajstić information content (AvgIpc) is 2.53. The van der Waals surface area contributed by atoms with E-state index >= 15 is 0 Å². The Bertz CT molecular complexity index is 687. The third-order valence-electron chi connectivity index (χ3n) is 3.05. The minimum Gasteiger partial charge on any atom is -0.375 e. The number of halogens is 3. The van der Waals surface area contributed by atoms with Gasteiger partial charge < -0.3 is 10.6 Å². The summed E-state index contributed by atoms with van der Waals surface area (Å²) in [5.41, 5.74) is 2.26. The van der Waals surface area contributed by atoms with Crippen molar-refractivity contribution in [2.24, 2.45) is 0 Å². The monoisotopic (exact) mass is 354 g/mol. The number of amides is 1. The summed E-state index contributed by atoms with van der Waals surface area (Å²) < 4.78 is 37.1. The van der Waals surface area contributed by atoms with Crippen LogP contribution in [0.15, 0.2) is 53.4 Å². The number of benzene rings is 2. The van der Waals surface area contributed by atoms with E-state index in [1.807, 2.05) is 19.1 Å². The lowest BCUT2D eigenvalue weighted by Gasteiger charge is -2.13. The maximum Gasteiger partial charge on any atom is 0.398 e.